The van der Waals surface area contributed by atoms with Gasteiger partial charge in [-0.1, -0.05) is 6.92 Å². The van der Waals surface area contributed by atoms with Crippen molar-refractivity contribution in [1.82, 2.24) is 20.1 Å². The highest BCUT2D eigenvalue weighted by molar-refractivity contribution is 5.90. The minimum atomic E-state index is -0.0971. The van der Waals surface area contributed by atoms with E-state index in [9.17, 15) is 4.79 Å². The van der Waals surface area contributed by atoms with Gasteiger partial charge in [0.25, 0.3) is 5.91 Å². The number of carbonyl (C=O) groups is 1. The predicted octanol–water partition coefficient (Wildman–Crippen LogP) is 0.491. The summed E-state index contributed by atoms with van der Waals surface area (Å²) in [6.07, 6.45) is 3.27. The minimum absolute atomic E-state index is 0.0690. The van der Waals surface area contributed by atoms with E-state index in [0.29, 0.717) is 24.2 Å². The molecular weight excluding hydrogens is 230 g/mol. The van der Waals surface area contributed by atoms with Gasteiger partial charge in [0.05, 0.1) is 0 Å². The van der Waals surface area contributed by atoms with Gasteiger partial charge in [0, 0.05) is 25.0 Å². The average Bonchev–Trinajstić information content (AvgIpc) is 3.05. The first kappa shape index (κ1) is 11.6. The SMILES string of the molecule is CC1CC(N)CN(C(=O)c2n[nH]c(C3CC3)n2)C1. The zero-order chi connectivity index (χ0) is 12.7. The molecule has 18 heavy (non-hydrogen) atoms. The monoisotopic (exact) mass is 249 g/mol. The number of amides is 1. The van der Waals surface area contributed by atoms with Crippen molar-refractivity contribution in [2.45, 2.75) is 38.1 Å². The summed E-state index contributed by atoms with van der Waals surface area (Å²) in [6.45, 7) is 3.48. The van der Waals surface area contributed by atoms with Crippen LogP contribution in [0.4, 0.5) is 0 Å². The van der Waals surface area contributed by atoms with Crippen LogP contribution in [0.2, 0.25) is 0 Å². The van der Waals surface area contributed by atoms with E-state index in [0.717, 1.165) is 31.6 Å². The molecule has 0 bridgehead atoms. The molecule has 2 heterocycles. The Morgan fingerprint density at radius 3 is 2.89 bits per heavy atom. The first-order chi connectivity index (χ1) is 8.63. The lowest BCUT2D eigenvalue weighted by Crippen LogP contribution is -2.49. The number of nitrogens with zero attached hydrogens (tertiary/aromatic N) is 3. The molecular formula is C12H19N5O. The van der Waals surface area contributed by atoms with Crippen molar-refractivity contribution < 1.29 is 4.79 Å². The molecule has 2 fully saturated rings. The van der Waals surface area contributed by atoms with E-state index >= 15 is 0 Å². The Morgan fingerprint density at radius 2 is 2.22 bits per heavy atom. The number of aromatic amines is 1. The summed E-state index contributed by atoms with van der Waals surface area (Å²) < 4.78 is 0. The maximum atomic E-state index is 12.3. The highest BCUT2D eigenvalue weighted by Gasteiger charge is 2.31. The van der Waals surface area contributed by atoms with Crippen molar-refractivity contribution in [3.63, 3.8) is 0 Å². The lowest BCUT2D eigenvalue weighted by atomic mass is 9.96. The van der Waals surface area contributed by atoms with Crippen LogP contribution in [0.25, 0.3) is 0 Å². The average molecular weight is 249 g/mol. The van der Waals surface area contributed by atoms with Gasteiger partial charge in [-0.2, -0.15) is 0 Å². The Labute approximate surface area is 106 Å². The van der Waals surface area contributed by atoms with Gasteiger partial charge in [0.15, 0.2) is 0 Å². The Hall–Kier alpha value is -1.43. The normalized spacial score (nSPS) is 28.4. The highest BCUT2D eigenvalue weighted by Crippen LogP contribution is 2.37. The van der Waals surface area contributed by atoms with Crippen molar-refractivity contribution in [1.29, 1.82) is 0 Å². The predicted molar refractivity (Wildman–Crippen MR) is 66.0 cm³/mol. The molecule has 3 rings (SSSR count). The van der Waals surface area contributed by atoms with Gasteiger partial charge in [-0.15, -0.1) is 5.10 Å². The van der Waals surface area contributed by atoms with Crippen LogP contribution >= 0.6 is 0 Å². The van der Waals surface area contributed by atoms with Gasteiger partial charge < -0.3 is 10.6 Å². The van der Waals surface area contributed by atoms with Crippen LogP contribution in [-0.2, 0) is 0 Å². The van der Waals surface area contributed by atoms with Crippen molar-refractivity contribution in [3.8, 4) is 0 Å². The molecule has 3 N–H and O–H groups in total. The molecule has 2 unspecified atom stereocenters. The van der Waals surface area contributed by atoms with Crippen molar-refractivity contribution in [3.05, 3.63) is 11.6 Å². The van der Waals surface area contributed by atoms with Gasteiger partial charge in [-0.25, -0.2) is 4.98 Å². The van der Waals surface area contributed by atoms with Crippen molar-refractivity contribution in [2.75, 3.05) is 13.1 Å². The molecule has 0 spiro atoms. The number of carbonyl (C=O) groups excluding carboxylic acids is 1. The number of hydrogen-bond acceptors (Lipinski definition) is 4. The largest absolute Gasteiger partial charge is 0.334 e. The quantitative estimate of drug-likeness (QED) is 0.798. The van der Waals surface area contributed by atoms with E-state index in [2.05, 4.69) is 22.1 Å². The third-order valence-electron chi connectivity index (χ3n) is 3.64. The van der Waals surface area contributed by atoms with Crippen LogP contribution in [-0.4, -0.2) is 45.1 Å². The van der Waals surface area contributed by atoms with E-state index in [1.54, 1.807) is 4.90 Å². The summed E-state index contributed by atoms with van der Waals surface area (Å²) in [5.74, 6) is 1.98. The summed E-state index contributed by atoms with van der Waals surface area (Å²) in [5, 5.41) is 6.90. The van der Waals surface area contributed by atoms with Crippen LogP contribution in [0.15, 0.2) is 0 Å². The number of nitrogens with two attached hydrogens (primary N) is 1. The smallest absolute Gasteiger partial charge is 0.293 e. The molecule has 6 heteroatoms. The Balaban J connectivity index is 1.72. The number of aromatic nitrogens is 3. The second-order valence-corrected chi connectivity index (χ2v) is 5.63. The zero-order valence-electron chi connectivity index (χ0n) is 10.6. The third kappa shape index (κ3) is 2.25. The van der Waals surface area contributed by atoms with E-state index in [-0.39, 0.29) is 11.9 Å². The lowest BCUT2D eigenvalue weighted by molar-refractivity contribution is 0.0649. The van der Waals surface area contributed by atoms with Crippen LogP contribution in [0, 0.1) is 5.92 Å². The molecule has 98 valence electrons. The summed E-state index contributed by atoms with van der Waals surface area (Å²) in [4.78, 5) is 18.3. The van der Waals surface area contributed by atoms with E-state index < -0.39 is 0 Å². The zero-order valence-corrected chi connectivity index (χ0v) is 10.6. The summed E-state index contributed by atoms with van der Waals surface area (Å²) >= 11 is 0. The molecule has 1 aromatic heterocycles. The Morgan fingerprint density at radius 1 is 1.44 bits per heavy atom. The molecule has 1 aromatic rings. The molecule has 1 saturated heterocycles. The number of piperidine rings is 1. The third-order valence-corrected chi connectivity index (χ3v) is 3.64. The number of H-pyrrole nitrogens is 1. The molecule has 6 nitrogen and oxygen atoms in total. The van der Waals surface area contributed by atoms with Gasteiger partial charge in [-0.3, -0.25) is 9.89 Å². The number of rotatable bonds is 2. The molecule has 0 aromatic carbocycles. The lowest BCUT2D eigenvalue weighted by Gasteiger charge is -2.34. The molecule has 0 radical (unpaired) electrons. The minimum Gasteiger partial charge on any atom is -0.334 e. The first-order valence-electron chi connectivity index (χ1n) is 6.60. The fourth-order valence-corrected chi connectivity index (χ4v) is 2.62. The van der Waals surface area contributed by atoms with Gasteiger partial charge in [0.2, 0.25) is 5.82 Å². The summed E-state index contributed by atoms with van der Waals surface area (Å²) in [6, 6.07) is 0.0690. The molecule has 1 amide bonds. The van der Waals surface area contributed by atoms with Crippen LogP contribution < -0.4 is 5.73 Å². The fraction of sp³-hybridized carbons (Fsp3) is 0.750. The maximum absolute atomic E-state index is 12.3. The van der Waals surface area contributed by atoms with E-state index in [1.165, 1.54) is 0 Å². The topological polar surface area (TPSA) is 87.9 Å². The van der Waals surface area contributed by atoms with Crippen LogP contribution in [0.1, 0.15) is 48.5 Å². The maximum Gasteiger partial charge on any atom is 0.293 e. The standard InChI is InChI=1S/C12H19N5O/c1-7-4-9(13)6-17(5-7)12(18)11-14-10(15-16-11)8-2-3-8/h7-9H,2-6,13H2,1H3,(H,14,15,16). The number of hydrogen-bond donors (Lipinski definition) is 2. The molecule has 1 saturated carbocycles. The van der Waals surface area contributed by atoms with Crippen molar-refractivity contribution >= 4 is 5.91 Å². The Kier molecular flexibility index (Phi) is 2.81. The molecule has 2 atom stereocenters. The second kappa shape index (κ2) is 4.35. The highest BCUT2D eigenvalue weighted by atomic mass is 16.2. The molecule has 1 aliphatic carbocycles. The fourth-order valence-electron chi connectivity index (χ4n) is 2.62. The van der Waals surface area contributed by atoms with E-state index in [1.807, 2.05) is 0 Å². The van der Waals surface area contributed by atoms with Gasteiger partial charge >= 0.3 is 0 Å². The Bertz CT molecular complexity index is 443. The van der Waals surface area contributed by atoms with Gasteiger partial charge in [-0.05, 0) is 25.2 Å². The van der Waals surface area contributed by atoms with Crippen molar-refractivity contribution in [2.24, 2.45) is 11.7 Å². The van der Waals surface area contributed by atoms with Crippen LogP contribution in [0.5, 0.6) is 0 Å². The number of nitrogens with one attached hydrogen (secondary N) is 1. The summed E-state index contributed by atoms with van der Waals surface area (Å²) in [5.41, 5.74) is 5.95. The van der Waals surface area contributed by atoms with Crippen LogP contribution in [0.3, 0.4) is 0 Å². The molecule has 1 aliphatic heterocycles. The second-order valence-electron chi connectivity index (χ2n) is 5.63. The number of likely N-dealkylation sites (tertiary alicyclic amines) is 1. The van der Waals surface area contributed by atoms with Gasteiger partial charge in [0.1, 0.15) is 5.82 Å². The first-order valence-corrected chi connectivity index (χ1v) is 6.60. The summed E-state index contributed by atoms with van der Waals surface area (Å²) in [7, 11) is 0. The molecule has 2 aliphatic rings. The van der Waals surface area contributed by atoms with E-state index in [4.69, 9.17) is 5.73 Å².